The summed E-state index contributed by atoms with van der Waals surface area (Å²) in [7, 11) is 0. The Kier molecular flexibility index (Phi) is 3.22. The summed E-state index contributed by atoms with van der Waals surface area (Å²) in [4.78, 5) is 0. The third kappa shape index (κ3) is 2.47. The molecular weight excluding hydrogens is 243 g/mol. The summed E-state index contributed by atoms with van der Waals surface area (Å²) >= 11 is 0. The van der Waals surface area contributed by atoms with Gasteiger partial charge in [-0.05, 0) is 35.7 Å². The van der Waals surface area contributed by atoms with Crippen molar-refractivity contribution in [3.8, 4) is 5.75 Å². The highest BCUT2D eigenvalue weighted by atomic mass is 19.1. The molecular formula is C16H15FO2. The zero-order valence-electron chi connectivity index (χ0n) is 10.4. The van der Waals surface area contributed by atoms with Gasteiger partial charge in [-0.1, -0.05) is 30.3 Å². The number of hydrogen-bond acceptors (Lipinski definition) is 2. The van der Waals surface area contributed by atoms with Crippen LogP contribution in [0.4, 0.5) is 4.39 Å². The van der Waals surface area contributed by atoms with Crippen molar-refractivity contribution in [1.82, 2.24) is 0 Å². The molecule has 0 radical (unpaired) electrons. The predicted molar refractivity (Wildman–Crippen MR) is 70.5 cm³/mol. The Morgan fingerprint density at radius 3 is 2.84 bits per heavy atom. The second-order valence-corrected chi connectivity index (χ2v) is 4.88. The average molecular weight is 258 g/mol. The summed E-state index contributed by atoms with van der Waals surface area (Å²) in [5.41, 5.74) is 1.70. The van der Waals surface area contributed by atoms with Crippen LogP contribution in [0.15, 0.2) is 48.5 Å². The molecule has 2 atom stereocenters. The lowest BCUT2D eigenvalue weighted by molar-refractivity contribution is 0.0643. The van der Waals surface area contributed by atoms with Crippen molar-refractivity contribution in [1.29, 1.82) is 0 Å². The smallest absolute Gasteiger partial charge is 0.123 e. The molecule has 1 N–H and O–H groups in total. The molecule has 2 nitrogen and oxygen atoms in total. The third-order valence-electron chi connectivity index (χ3n) is 3.54. The van der Waals surface area contributed by atoms with E-state index < -0.39 is 6.10 Å². The molecule has 0 saturated heterocycles. The van der Waals surface area contributed by atoms with Gasteiger partial charge in [-0.2, -0.15) is 0 Å². The van der Waals surface area contributed by atoms with E-state index in [9.17, 15) is 9.50 Å². The van der Waals surface area contributed by atoms with Crippen molar-refractivity contribution in [2.24, 2.45) is 5.92 Å². The summed E-state index contributed by atoms with van der Waals surface area (Å²) in [6.45, 7) is 0.453. The van der Waals surface area contributed by atoms with Gasteiger partial charge in [0.15, 0.2) is 0 Å². The van der Waals surface area contributed by atoms with Crippen molar-refractivity contribution in [3.05, 3.63) is 65.5 Å². The van der Waals surface area contributed by atoms with E-state index >= 15 is 0 Å². The quantitative estimate of drug-likeness (QED) is 0.896. The standard InChI is InChI=1S/C16H15FO2/c17-14-6-3-5-12(9-14)16(18)13-8-11-4-1-2-7-15(11)19-10-13/h1-7,9,13,16,18H,8,10H2. The van der Waals surface area contributed by atoms with E-state index in [4.69, 9.17) is 4.74 Å². The molecule has 2 aromatic carbocycles. The molecule has 1 heterocycles. The van der Waals surface area contributed by atoms with Crippen molar-refractivity contribution in [2.45, 2.75) is 12.5 Å². The summed E-state index contributed by atoms with van der Waals surface area (Å²) in [5, 5.41) is 10.3. The number of halogens is 1. The second-order valence-electron chi connectivity index (χ2n) is 4.88. The Hall–Kier alpha value is -1.87. The third-order valence-corrected chi connectivity index (χ3v) is 3.54. The molecule has 1 aliphatic rings. The highest BCUT2D eigenvalue weighted by Gasteiger charge is 2.27. The molecule has 0 saturated carbocycles. The van der Waals surface area contributed by atoms with Crippen molar-refractivity contribution in [3.63, 3.8) is 0 Å². The summed E-state index contributed by atoms with van der Waals surface area (Å²) in [5.74, 6) is 0.510. The van der Waals surface area contributed by atoms with Crippen LogP contribution in [0, 0.1) is 11.7 Å². The molecule has 1 aliphatic heterocycles. The Morgan fingerprint density at radius 2 is 2.00 bits per heavy atom. The van der Waals surface area contributed by atoms with Gasteiger partial charge in [-0.15, -0.1) is 0 Å². The first-order chi connectivity index (χ1) is 9.24. The van der Waals surface area contributed by atoms with E-state index in [-0.39, 0.29) is 11.7 Å². The van der Waals surface area contributed by atoms with Gasteiger partial charge in [-0.3, -0.25) is 0 Å². The van der Waals surface area contributed by atoms with Crippen LogP contribution in [0.1, 0.15) is 17.2 Å². The van der Waals surface area contributed by atoms with Crippen LogP contribution < -0.4 is 4.74 Å². The van der Waals surface area contributed by atoms with Crippen LogP contribution in [-0.4, -0.2) is 11.7 Å². The minimum absolute atomic E-state index is 0.0447. The highest BCUT2D eigenvalue weighted by Crippen LogP contribution is 2.33. The topological polar surface area (TPSA) is 29.5 Å². The lowest BCUT2D eigenvalue weighted by Gasteiger charge is -2.29. The minimum atomic E-state index is -0.705. The summed E-state index contributed by atoms with van der Waals surface area (Å²) < 4.78 is 18.8. The molecule has 0 spiro atoms. The van der Waals surface area contributed by atoms with E-state index in [1.165, 1.54) is 12.1 Å². The molecule has 19 heavy (non-hydrogen) atoms. The van der Waals surface area contributed by atoms with Crippen LogP contribution in [0.5, 0.6) is 5.75 Å². The normalized spacial score (nSPS) is 19.4. The maximum Gasteiger partial charge on any atom is 0.123 e. The first-order valence-corrected chi connectivity index (χ1v) is 6.38. The van der Waals surface area contributed by atoms with Gasteiger partial charge in [0, 0.05) is 5.92 Å². The lowest BCUT2D eigenvalue weighted by atomic mass is 9.88. The summed E-state index contributed by atoms with van der Waals surface area (Å²) in [6, 6.07) is 13.9. The predicted octanol–water partition coefficient (Wildman–Crippen LogP) is 3.11. The Balaban J connectivity index is 1.81. The fraction of sp³-hybridized carbons (Fsp3) is 0.250. The second kappa shape index (κ2) is 5.02. The SMILES string of the molecule is OC(c1cccc(F)c1)C1COc2ccccc2C1. The fourth-order valence-corrected chi connectivity index (χ4v) is 2.52. The number of hydrogen-bond donors (Lipinski definition) is 1. The molecule has 0 aliphatic carbocycles. The van der Waals surface area contributed by atoms with Crippen molar-refractivity contribution in [2.75, 3.05) is 6.61 Å². The number of aliphatic hydroxyl groups is 1. The zero-order valence-corrected chi connectivity index (χ0v) is 10.4. The molecule has 2 aromatic rings. The number of fused-ring (bicyclic) bond motifs is 1. The molecule has 98 valence electrons. The number of benzene rings is 2. The van der Waals surface area contributed by atoms with Crippen LogP contribution in [0.2, 0.25) is 0 Å². The van der Waals surface area contributed by atoms with Crippen LogP contribution in [0.25, 0.3) is 0 Å². The molecule has 0 amide bonds. The fourth-order valence-electron chi connectivity index (χ4n) is 2.52. The van der Waals surface area contributed by atoms with Gasteiger partial charge >= 0.3 is 0 Å². The highest BCUT2D eigenvalue weighted by molar-refractivity contribution is 5.35. The maximum atomic E-state index is 13.2. The molecule has 2 unspecified atom stereocenters. The first-order valence-electron chi connectivity index (χ1n) is 6.38. The average Bonchev–Trinajstić information content (AvgIpc) is 2.46. The van der Waals surface area contributed by atoms with E-state index in [0.29, 0.717) is 12.2 Å². The Labute approximate surface area is 111 Å². The van der Waals surface area contributed by atoms with Crippen LogP contribution >= 0.6 is 0 Å². The number of aliphatic hydroxyl groups excluding tert-OH is 1. The van der Waals surface area contributed by atoms with Gasteiger partial charge in [0.2, 0.25) is 0 Å². The molecule has 3 rings (SSSR count). The van der Waals surface area contributed by atoms with E-state index in [1.54, 1.807) is 12.1 Å². The first kappa shape index (κ1) is 12.2. The van der Waals surface area contributed by atoms with Gasteiger partial charge in [0.1, 0.15) is 11.6 Å². The van der Waals surface area contributed by atoms with E-state index in [2.05, 4.69) is 0 Å². The van der Waals surface area contributed by atoms with Crippen molar-refractivity contribution >= 4 is 0 Å². The molecule has 0 fully saturated rings. The van der Waals surface area contributed by atoms with E-state index in [0.717, 1.165) is 17.7 Å². The van der Waals surface area contributed by atoms with Gasteiger partial charge in [-0.25, -0.2) is 4.39 Å². The number of rotatable bonds is 2. The van der Waals surface area contributed by atoms with Gasteiger partial charge in [0.05, 0.1) is 12.7 Å². The molecule has 3 heteroatoms. The Bertz CT molecular complexity index is 582. The number of ether oxygens (including phenoxy) is 1. The van der Waals surface area contributed by atoms with Crippen molar-refractivity contribution < 1.29 is 14.2 Å². The van der Waals surface area contributed by atoms with Crippen LogP contribution in [-0.2, 0) is 6.42 Å². The Morgan fingerprint density at radius 1 is 1.16 bits per heavy atom. The lowest BCUT2D eigenvalue weighted by Crippen LogP contribution is -2.26. The van der Waals surface area contributed by atoms with E-state index in [1.807, 2.05) is 24.3 Å². The van der Waals surface area contributed by atoms with Gasteiger partial charge < -0.3 is 9.84 Å². The van der Waals surface area contributed by atoms with Crippen LogP contribution in [0.3, 0.4) is 0 Å². The summed E-state index contributed by atoms with van der Waals surface area (Å²) in [6.07, 6.45) is 0.0393. The monoisotopic (exact) mass is 258 g/mol. The maximum absolute atomic E-state index is 13.2. The molecule has 0 aromatic heterocycles. The zero-order chi connectivity index (χ0) is 13.2. The number of para-hydroxylation sites is 1. The molecule has 0 bridgehead atoms. The van der Waals surface area contributed by atoms with Gasteiger partial charge in [0.25, 0.3) is 0 Å². The largest absolute Gasteiger partial charge is 0.493 e. The minimum Gasteiger partial charge on any atom is -0.493 e.